The standard InChI is InChI=1S/C12H15NO4/c1-2-10-9(4-6-17-10)11(14)13-5-3-8(7-13)12(15)16/h4,6,8H,2-3,5,7H2,1H3,(H,15,16). The van der Waals surface area contributed by atoms with Crippen LogP contribution < -0.4 is 0 Å². The molecule has 0 spiro atoms. The lowest BCUT2D eigenvalue weighted by Gasteiger charge is -2.15. The second kappa shape index (κ2) is 4.61. The van der Waals surface area contributed by atoms with Gasteiger partial charge in [-0.25, -0.2) is 0 Å². The molecule has 2 rings (SSSR count). The van der Waals surface area contributed by atoms with E-state index < -0.39 is 11.9 Å². The van der Waals surface area contributed by atoms with E-state index in [1.807, 2.05) is 6.92 Å². The van der Waals surface area contributed by atoms with Crippen molar-refractivity contribution in [3.05, 3.63) is 23.7 Å². The molecule has 2 heterocycles. The zero-order valence-corrected chi connectivity index (χ0v) is 9.68. The molecule has 1 unspecified atom stereocenters. The molecular weight excluding hydrogens is 222 g/mol. The molecule has 1 saturated heterocycles. The fourth-order valence-corrected chi connectivity index (χ4v) is 2.12. The number of aliphatic carboxylic acids is 1. The highest BCUT2D eigenvalue weighted by Crippen LogP contribution is 2.21. The highest BCUT2D eigenvalue weighted by atomic mass is 16.4. The van der Waals surface area contributed by atoms with E-state index in [2.05, 4.69) is 0 Å². The van der Waals surface area contributed by atoms with Crippen LogP contribution in [-0.2, 0) is 11.2 Å². The summed E-state index contributed by atoms with van der Waals surface area (Å²) >= 11 is 0. The molecule has 0 bridgehead atoms. The molecule has 1 aromatic rings. The van der Waals surface area contributed by atoms with Gasteiger partial charge in [0, 0.05) is 19.5 Å². The molecule has 0 saturated carbocycles. The summed E-state index contributed by atoms with van der Waals surface area (Å²) in [7, 11) is 0. The number of furan rings is 1. The molecule has 0 aliphatic carbocycles. The second-order valence-electron chi connectivity index (χ2n) is 4.19. The molecule has 5 nitrogen and oxygen atoms in total. The predicted molar refractivity (Wildman–Crippen MR) is 59.7 cm³/mol. The van der Waals surface area contributed by atoms with Crippen molar-refractivity contribution < 1.29 is 19.1 Å². The van der Waals surface area contributed by atoms with E-state index in [1.54, 1.807) is 11.0 Å². The summed E-state index contributed by atoms with van der Waals surface area (Å²) in [6, 6.07) is 1.65. The van der Waals surface area contributed by atoms with Crippen molar-refractivity contribution in [3.8, 4) is 0 Å². The van der Waals surface area contributed by atoms with Crippen molar-refractivity contribution in [2.24, 2.45) is 5.92 Å². The number of nitrogens with zero attached hydrogens (tertiary/aromatic N) is 1. The molecule has 17 heavy (non-hydrogen) atoms. The van der Waals surface area contributed by atoms with Crippen LogP contribution in [0.2, 0.25) is 0 Å². The lowest BCUT2D eigenvalue weighted by atomic mass is 10.1. The van der Waals surface area contributed by atoms with Crippen LogP contribution in [0.3, 0.4) is 0 Å². The van der Waals surface area contributed by atoms with Gasteiger partial charge >= 0.3 is 5.97 Å². The first-order chi connectivity index (χ1) is 8.13. The predicted octanol–water partition coefficient (Wildman–Crippen LogP) is 1.39. The van der Waals surface area contributed by atoms with Crippen molar-refractivity contribution in [2.45, 2.75) is 19.8 Å². The normalized spacial score (nSPS) is 19.6. The molecule has 1 amide bonds. The number of rotatable bonds is 3. The maximum atomic E-state index is 12.1. The number of carboxylic acid groups (broad SMARTS) is 1. The number of carboxylic acids is 1. The lowest BCUT2D eigenvalue weighted by molar-refractivity contribution is -0.141. The van der Waals surface area contributed by atoms with Gasteiger partial charge < -0.3 is 14.4 Å². The topological polar surface area (TPSA) is 70.8 Å². The first-order valence-electron chi connectivity index (χ1n) is 5.72. The number of hydrogen-bond acceptors (Lipinski definition) is 3. The van der Waals surface area contributed by atoms with Crippen molar-refractivity contribution >= 4 is 11.9 Å². The number of carbonyl (C=O) groups excluding carboxylic acids is 1. The molecule has 5 heteroatoms. The average molecular weight is 237 g/mol. The minimum Gasteiger partial charge on any atom is -0.481 e. The molecule has 1 atom stereocenters. The Morgan fingerprint density at radius 1 is 1.59 bits per heavy atom. The van der Waals surface area contributed by atoms with Gasteiger partial charge in [-0.3, -0.25) is 9.59 Å². The zero-order chi connectivity index (χ0) is 12.4. The monoisotopic (exact) mass is 237 g/mol. The Bertz CT molecular complexity index is 437. The maximum absolute atomic E-state index is 12.1. The van der Waals surface area contributed by atoms with Crippen LogP contribution in [0.25, 0.3) is 0 Å². The molecule has 1 aromatic heterocycles. The van der Waals surface area contributed by atoms with Gasteiger partial charge in [-0.1, -0.05) is 6.92 Å². The average Bonchev–Trinajstić information content (AvgIpc) is 2.96. The molecular formula is C12H15NO4. The maximum Gasteiger partial charge on any atom is 0.308 e. The molecule has 1 aliphatic rings. The summed E-state index contributed by atoms with van der Waals surface area (Å²) in [6.07, 6.45) is 2.68. The van der Waals surface area contributed by atoms with Gasteiger partial charge in [0.1, 0.15) is 5.76 Å². The summed E-state index contributed by atoms with van der Waals surface area (Å²) in [5.74, 6) is -0.729. The first-order valence-corrected chi connectivity index (χ1v) is 5.72. The SMILES string of the molecule is CCc1occc1C(=O)N1CCC(C(=O)O)C1. The fraction of sp³-hybridized carbons (Fsp3) is 0.500. The Morgan fingerprint density at radius 2 is 2.35 bits per heavy atom. The minimum atomic E-state index is -0.830. The van der Waals surface area contributed by atoms with E-state index in [9.17, 15) is 9.59 Å². The Balaban J connectivity index is 2.09. The van der Waals surface area contributed by atoms with Gasteiger partial charge in [-0.05, 0) is 12.5 Å². The zero-order valence-electron chi connectivity index (χ0n) is 9.68. The number of hydrogen-bond donors (Lipinski definition) is 1. The summed E-state index contributed by atoms with van der Waals surface area (Å²) in [5.41, 5.74) is 0.554. The lowest BCUT2D eigenvalue weighted by Crippen LogP contribution is -2.30. The third kappa shape index (κ3) is 2.18. The van der Waals surface area contributed by atoms with E-state index in [4.69, 9.17) is 9.52 Å². The van der Waals surface area contributed by atoms with Crippen molar-refractivity contribution in [1.29, 1.82) is 0 Å². The van der Waals surface area contributed by atoms with Crippen LogP contribution in [0.5, 0.6) is 0 Å². The van der Waals surface area contributed by atoms with Crippen LogP contribution >= 0.6 is 0 Å². The highest BCUT2D eigenvalue weighted by Gasteiger charge is 2.32. The van der Waals surface area contributed by atoms with Gasteiger partial charge in [-0.2, -0.15) is 0 Å². The van der Waals surface area contributed by atoms with Gasteiger partial charge in [0.25, 0.3) is 5.91 Å². The first kappa shape index (κ1) is 11.7. The van der Waals surface area contributed by atoms with E-state index in [-0.39, 0.29) is 5.91 Å². The van der Waals surface area contributed by atoms with Crippen molar-refractivity contribution in [3.63, 3.8) is 0 Å². The van der Waals surface area contributed by atoms with E-state index in [1.165, 1.54) is 6.26 Å². The van der Waals surface area contributed by atoms with E-state index in [0.717, 1.165) is 0 Å². The van der Waals surface area contributed by atoms with Crippen molar-refractivity contribution in [2.75, 3.05) is 13.1 Å². The van der Waals surface area contributed by atoms with Gasteiger partial charge in [0.15, 0.2) is 0 Å². The third-order valence-corrected chi connectivity index (χ3v) is 3.12. The Kier molecular flexibility index (Phi) is 3.17. The second-order valence-corrected chi connectivity index (χ2v) is 4.19. The number of aryl methyl sites for hydroxylation is 1. The Hall–Kier alpha value is -1.78. The smallest absolute Gasteiger partial charge is 0.308 e. The van der Waals surface area contributed by atoms with E-state index in [0.29, 0.717) is 37.3 Å². The summed E-state index contributed by atoms with van der Waals surface area (Å²) < 4.78 is 5.20. The minimum absolute atomic E-state index is 0.126. The van der Waals surface area contributed by atoms with Gasteiger partial charge in [0.2, 0.25) is 0 Å². The van der Waals surface area contributed by atoms with Crippen LogP contribution in [-0.4, -0.2) is 35.0 Å². The summed E-state index contributed by atoms with van der Waals surface area (Å²) in [4.78, 5) is 24.5. The van der Waals surface area contributed by atoms with Crippen molar-refractivity contribution in [1.82, 2.24) is 4.90 Å². The van der Waals surface area contributed by atoms with Crippen LogP contribution in [0.15, 0.2) is 16.7 Å². The Morgan fingerprint density at radius 3 is 2.94 bits per heavy atom. The largest absolute Gasteiger partial charge is 0.481 e. The highest BCUT2D eigenvalue weighted by molar-refractivity contribution is 5.95. The molecule has 1 fully saturated rings. The quantitative estimate of drug-likeness (QED) is 0.862. The number of amides is 1. The number of likely N-dealkylation sites (tertiary alicyclic amines) is 1. The van der Waals surface area contributed by atoms with E-state index >= 15 is 0 Å². The van der Waals surface area contributed by atoms with Crippen LogP contribution in [0, 0.1) is 5.92 Å². The fourth-order valence-electron chi connectivity index (χ4n) is 2.12. The molecule has 1 N–H and O–H groups in total. The third-order valence-electron chi connectivity index (χ3n) is 3.12. The molecule has 0 radical (unpaired) electrons. The van der Waals surface area contributed by atoms with Gasteiger partial charge in [-0.15, -0.1) is 0 Å². The summed E-state index contributed by atoms with van der Waals surface area (Å²) in [5, 5.41) is 8.89. The summed E-state index contributed by atoms with van der Waals surface area (Å²) in [6.45, 7) is 2.71. The van der Waals surface area contributed by atoms with Gasteiger partial charge in [0.05, 0.1) is 17.7 Å². The Labute approximate surface area is 99.0 Å². The molecule has 92 valence electrons. The molecule has 1 aliphatic heterocycles. The van der Waals surface area contributed by atoms with Crippen LogP contribution in [0.4, 0.5) is 0 Å². The van der Waals surface area contributed by atoms with Crippen LogP contribution in [0.1, 0.15) is 29.5 Å². The number of carbonyl (C=O) groups is 2. The molecule has 0 aromatic carbocycles.